The van der Waals surface area contributed by atoms with Crippen molar-refractivity contribution in [1.82, 2.24) is 29.4 Å². The van der Waals surface area contributed by atoms with Gasteiger partial charge in [0.15, 0.2) is 11.5 Å². The molecule has 8 heteroatoms. The Morgan fingerprint density at radius 2 is 2.04 bits per heavy atom. The van der Waals surface area contributed by atoms with E-state index in [0.29, 0.717) is 35.6 Å². The summed E-state index contributed by atoms with van der Waals surface area (Å²) in [5.74, 6) is 1.01. The minimum absolute atomic E-state index is 0.264. The second-order valence-electron chi connectivity index (χ2n) is 5.89. The van der Waals surface area contributed by atoms with Crippen LogP contribution in [-0.2, 0) is 19.9 Å². The summed E-state index contributed by atoms with van der Waals surface area (Å²) < 4.78 is 23.0. The largest absolute Gasteiger partial charge is 0.496 e. The molecule has 0 aliphatic heterocycles. The zero-order chi connectivity index (χ0) is 18.1. The lowest BCUT2D eigenvalue weighted by molar-refractivity contribution is 0.404. The molecule has 0 amide bonds. The molecule has 4 aromatic rings. The van der Waals surface area contributed by atoms with Crippen LogP contribution in [-0.4, -0.2) is 36.5 Å². The van der Waals surface area contributed by atoms with Crippen molar-refractivity contribution in [2.75, 3.05) is 7.11 Å². The molecule has 1 aromatic carbocycles. The molecule has 0 saturated heterocycles. The van der Waals surface area contributed by atoms with Crippen LogP contribution in [0.5, 0.6) is 5.75 Å². The molecule has 26 heavy (non-hydrogen) atoms. The van der Waals surface area contributed by atoms with Gasteiger partial charge in [-0.1, -0.05) is 6.07 Å². The molecule has 0 atom stereocenters. The van der Waals surface area contributed by atoms with Gasteiger partial charge >= 0.3 is 0 Å². The van der Waals surface area contributed by atoms with Crippen LogP contribution in [0.4, 0.5) is 4.39 Å². The Bertz CT molecular complexity index is 1070. The lowest BCUT2D eigenvalue weighted by atomic mass is 10.1. The average molecular weight is 352 g/mol. The maximum atomic E-state index is 14.2. The van der Waals surface area contributed by atoms with Crippen molar-refractivity contribution in [1.29, 1.82) is 0 Å². The highest BCUT2D eigenvalue weighted by Crippen LogP contribution is 2.25. The van der Waals surface area contributed by atoms with Crippen molar-refractivity contribution in [2.24, 2.45) is 7.05 Å². The fourth-order valence-corrected chi connectivity index (χ4v) is 3.11. The summed E-state index contributed by atoms with van der Waals surface area (Å²) in [5, 5.41) is 12.3. The second kappa shape index (κ2) is 6.55. The molecular formula is C18H17FN6O. The van der Waals surface area contributed by atoms with Gasteiger partial charge in [0.1, 0.15) is 24.2 Å². The molecular weight excluding hydrogens is 335 g/mol. The quantitative estimate of drug-likeness (QED) is 0.552. The van der Waals surface area contributed by atoms with Gasteiger partial charge in [-0.15, -0.1) is 10.2 Å². The van der Waals surface area contributed by atoms with Crippen LogP contribution < -0.4 is 4.74 Å². The lowest BCUT2D eigenvalue weighted by Gasteiger charge is -2.11. The third-order valence-electron chi connectivity index (χ3n) is 4.42. The zero-order valence-electron chi connectivity index (χ0n) is 14.4. The van der Waals surface area contributed by atoms with Gasteiger partial charge in [-0.3, -0.25) is 4.40 Å². The minimum atomic E-state index is -0.264. The van der Waals surface area contributed by atoms with Gasteiger partial charge in [0.25, 0.3) is 0 Å². The van der Waals surface area contributed by atoms with Crippen LogP contribution in [0.2, 0.25) is 0 Å². The first-order valence-electron chi connectivity index (χ1n) is 8.16. The van der Waals surface area contributed by atoms with Gasteiger partial charge in [-0.25, -0.2) is 14.1 Å². The van der Waals surface area contributed by atoms with Crippen LogP contribution >= 0.6 is 0 Å². The molecule has 3 heterocycles. The van der Waals surface area contributed by atoms with Crippen molar-refractivity contribution < 1.29 is 9.13 Å². The Morgan fingerprint density at radius 1 is 1.15 bits per heavy atom. The van der Waals surface area contributed by atoms with E-state index in [1.807, 2.05) is 23.6 Å². The number of fused-ring (bicyclic) bond motifs is 1. The number of pyridine rings is 1. The number of nitrogens with zero attached hydrogens (tertiary/aromatic N) is 6. The Kier molecular flexibility index (Phi) is 4.08. The van der Waals surface area contributed by atoms with E-state index in [1.165, 1.54) is 12.4 Å². The molecule has 0 aliphatic carbocycles. The monoisotopic (exact) mass is 352 g/mol. The van der Waals surface area contributed by atoms with Gasteiger partial charge in [-0.2, -0.15) is 5.10 Å². The van der Waals surface area contributed by atoms with Gasteiger partial charge in [0, 0.05) is 18.3 Å². The summed E-state index contributed by atoms with van der Waals surface area (Å²) in [5.41, 5.74) is 3.07. The SMILES string of the molecule is COc1cccc(F)c1CCc1ccc(-c2ncnn2C)c2nncn12. The van der Waals surface area contributed by atoms with E-state index >= 15 is 0 Å². The maximum absolute atomic E-state index is 14.2. The van der Waals surface area contributed by atoms with Crippen LogP contribution in [0.15, 0.2) is 43.0 Å². The summed E-state index contributed by atoms with van der Waals surface area (Å²) in [7, 11) is 3.37. The average Bonchev–Trinajstić information content (AvgIpc) is 3.29. The number of hydrogen-bond donors (Lipinski definition) is 0. The first kappa shape index (κ1) is 16.2. The van der Waals surface area contributed by atoms with E-state index in [1.54, 1.807) is 30.3 Å². The highest BCUT2D eigenvalue weighted by Gasteiger charge is 2.15. The number of aromatic nitrogens is 6. The maximum Gasteiger partial charge on any atom is 0.171 e. The second-order valence-corrected chi connectivity index (χ2v) is 5.89. The van der Waals surface area contributed by atoms with Crippen LogP contribution in [0.3, 0.4) is 0 Å². The van der Waals surface area contributed by atoms with Crippen molar-refractivity contribution in [3.63, 3.8) is 0 Å². The van der Waals surface area contributed by atoms with Crippen molar-refractivity contribution >= 4 is 5.65 Å². The van der Waals surface area contributed by atoms with Gasteiger partial charge in [0.2, 0.25) is 0 Å². The molecule has 0 N–H and O–H groups in total. The number of halogens is 1. The van der Waals surface area contributed by atoms with Crippen molar-refractivity contribution in [3.8, 4) is 17.1 Å². The number of rotatable bonds is 5. The number of hydrogen-bond acceptors (Lipinski definition) is 5. The summed E-state index contributed by atoms with van der Waals surface area (Å²) in [6.45, 7) is 0. The van der Waals surface area contributed by atoms with Gasteiger partial charge in [0.05, 0.1) is 12.7 Å². The first-order chi connectivity index (χ1) is 12.7. The molecule has 0 fully saturated rings. The number of benzene rings is 1. The fraction of sp³-hybridized carbons (Fsp3) is 0.222. The third-order valence-corrected chi connectivity index (χ3v) is 4.42. The highest BCUT2D eigenvalue weighted by molar-refractivity contribution is 5.72. The van der Waals surface area contributed by atoms with Crippen LogP contribution in [0.1, 0.15) is 11.3 Å². The molecule has 132 valence electrons. The molecule has 3 aromatic heterocycles. The fourth-order valence-electron chi connectivity index (χ4n) is 3.11. The van der Waals surface area contributed by atoms with E-state index in [0.717, 1.165) is 11.3 Å². The van der Waals surface area contributed by atoms with Crippen LogP contribution in [0, 0.1) is 5.82 Å². The first-order valence-corrected chi connectivity index (χ1v) is 8.16. The van der Waals surface area contributed by atoms with Crippen molar-refractivity contribution in [3.05, 3.63) is 60.1 Å². The molecule has 0 saturated carbocycles. The summed E-state index contributed by atoms with van der Waals surface area (Å²) in [6, 6.07) is 8.79. The molecule has 0 unspecified atom stereocenters. The Labute approximate surface area is 149 Å². The molecule has 0 radical (unpaired) electrons. The summed E-state index contributed by atoms with van der Waals surface area (Å²) >= 11 is 0. The van der Waals surface area contributed by atoms with Gasteiger partial charge in [-0.05, 0) is 37.1 Å². The van der Waals surface area contributed by atoms with E-state index in [9.17, 15) is 4.39 Å². The third kappa shape index (κ3) is 2.69. The number of ether oxygens (including phenoxy) is 1. The molecule has 4 rings (SSSR count). The predicted molar refractivity (Wildman–Crippen MR) is 93.3 cm³/mol. The highest BCUT2D eigenvalue weighted by atomic mass is 19.1. The normalized spacial score (nSPS) is 11.2. The predicted octanol–water partition coefficient (Wildman–Crippen LogP) is 2.46. The Morgan fingerprint density at radius 3 is 2.81 bits per heavy atom. The van der Waals surface area contributed by atoms with E-state index in [4.69, 9.17) is 4.74 Å². The molecule has 0 aliphatic rings. The Hall–Kier alpha value is -3.29. The molecule has 7 nitrogen and oxygen atoms in total. The minimum Gasteiger partial charge on any atom is -0.496 e. The van der Waals surface area contributed by atoms with E-state index < -0.39 is 0 Å². The standard InChI is InChI=1S/C18H17FN6O/c1-24-17(20-10-22-24)14-9-7-12(25-11-21-23-18(14)25)6-8-13-15(19)4-3-5-16(13)26-2/h3-5,7,9-11H,6,8H2,1-2H3. The Balaban J connectivity index is 1.69. The van der Waals surface area contributed by atoms with Crippen molar-refractivity contribution in [2.45, 2.75) is 12.8 Å². The zero-order valence-corrected chi connectivity index (χ0v) is 14.4. The molecule has 0 bridgehead atoms. The van der Waals surface area contributed by atoms with Gasteiger partial charge < -0.3 is 4.74 Å². The topological polar surface area (TPSA) is 70.1 Å². The number of methoxy groups -OCH3 is 1. The smallest absolute Gasteiger partial charge is 0.171 e. The van der Waals surface area contributed by atoms with Crippen LogP contribution in [0.25, 0.3) is 17.0 Å². The summed E-state index contributed by atoms with van der Waals surface area (Å²) in [6.07, 6.45) is 4.28. The summed E-state index contributed by atoms with van der Waals surface area (Å²) in [4.78, 5) is 4.28. The molecule has 0 spiro atoms. The van der Waals surface area contributed by atoms with E-state index in [2.05, 4.69) is 20.3 Å². The number of aryl methyl sites for hydroxylation is 2. The lowest BCUT2D eigenvalue weighted by Crippen LogP contribution is -2.04. The van der Waals surface area contributed by atoms with E-state index in [-0.39, 0.29) is 5.82 Å².